The van der Waals surface area contributed by atoms with Crippen molar-refractivity contribution in [2.45, 2.75) is 26.5 Å². The molecule has 0 radical (unpaired) electrons. The van der Waals surface area contributed by atoms with E-state index in [2.05, 4.69) is 17.4 Å². The van der Waals surface area contributed by atoms with Crippen molar-refractivity contribution < 1.29 is 9.26 Å². The van der Waals surface area contributed by atoms with E-state index in [-0.39, 0.29) is 0 Å². The molecule has 0 saturated carbocycles. The number of hydrogen-bond acceptors (Lipinski definition) is 4. The highest BCUT2D eigenvalue weighted by atomic mass is 35.5. The summed E-state index contributed by atoms with van der Waals surface area (Å²) in [6.45, 7) is 4.28. The molecule has 0 saturated heterocycles. The van der Waals surface area contributed by atoms with Crippen LogP contribution in [0.1, 0.15) is 24.7 Å². The number of hydrogen-bond donors (Lipinski definition) is 1. The van der Waals surface area contributed by atoms with Gasteiger partial charge in [0.2, 0.25) is 0 Å². The van der Waals surface area contributed by atoms with Gasteiger partial charge in [-0.05, 0) is 30.7 Å². The van der Waals surface area contributed by atoms with Crippen LogP contribution < -0.4 is 10.1 Å². The maximum absolute atomic E-state index is 6.18. The van der Waals surface area contributed by atoms with Gasteiger partial charge in [0.1, 0.15) is 12.4 Å². The topological polar surface area (TPSA) is 47.3 Å². The molecule has 0 atom stereocenters. The van der Waals surface area contributed by atoms with Crippen LogP contribution in [0.25, 0.3) is 0 Å². The standard InChI is InChI=1S/C14H17ClN2O2/c1-2-6-16-9-11-3-4-14(13(15)8-11)18-10-12-5-7-17-19-12/h3-5,7-8,16H,2,6,9-10H2,1H3. The lowest BCUT2D eigenvalue weighted by molar-refractivity contribution is 0.249. The number of halogens is 1. The van der Waals surface area contributed by atoms with Gasteiger partial charge in [-0.3, -0.25) is 0 Å². The van der Waals surface area contributed by atoms with Crippen molar-refractivity contribution in [1.82, 2.24) is 10.5 Å². The molecule has 5 heteroatoms. The fraction of sp³-hybridized carbons (Fsp3) is 0.357. The molecule has 1 N–H and O–H groups in total. The van der Waals surface area contributed by atoms with Gasteiger partial charge in [0.05, 0.1) is 11.2 Å². The molecule has 102 valence electrons. The number of nitrogens with one attached hydrogen (secondary N) is 1. The predicted octanol–water partition coefficient (Wildman–Crippen LogP) is 3.41. The highest BCUT2D eigenvalue weighted by molar-refractivity contribution is 6.32. The van der Waals surface area contributed by atoms with Gasteiger partial charge in [0.25, 0.3) is 0 Å². The van der Waals surface area contributed by atoms with Crippen molar-refractivity contribution in [2.24, 2.45) is 0 Å². The van der Waals surface area contributed by atoms with E-state index in [0.29, 0.717) is 23.1 Å². The van der Waals surface area contributed by atoms with Crippen LogP contribution in [-0.2, 0) is 13.2 Å². The zero-order valence-corrected chi connectivity index (χ0v) is 11.6. The minimum Gasteiger partial charge on any atom is -0.484 e. The van der Waals surface area contributed by atoms with E-state index in [1.807, 2.05) is 18.2 Å². The number of aromatic nitrogens is 1. The molecule has 0 fully saturated rings. The molecule has 19 heavy (non-hydrogen) atoms. The zero-order valence-electron chi connectivity index (χ0n) is 10.9. The quantitative estimate of drug-likeness (QED) is 0.790. The second-order valence-electron chi connectivity index (χ2n) is 4.21. The second kappa shape index (κ2) is 7.16. The molecule has 2 rings (SSSR count). The van der Waals surface area contributed by atoms with Crippen LogP contribution in [0, 0.1) is 0 Å². The third kappa shape index (κ3) is 4.26. The highest BCUT2D eigenvalue weighted by Gasteiger charge is 2.05. The Balaban J connectivity index is 1.91. The van der Waals surface area contributed by atoms with Gasteiger partial charge in [-0.25, -0.2) is 0 Å². The molecular weight excluding hydrogens is 264 g/mol. The van der Waals surface area contributed by atoms with Crippen LogP contribution in [0.5, 0.6) is 5.75 Å². The van der Waals surface area contributed by atoms with E-state index < -0.39 is 0 Å². The van der Waals surface area contributed by atoms with E-state index >= 15 is 0 Å². The van der Waals surface area contributed by atoms with Crippen molar-refractivity contribution in [3.8, 4) is 5.75 Å². The first-order valence-electron chi connectivity index (χ1n) is 6.31. The molecule has 2 aromatic rings. The van der Waals surface area contributed by atoms with E-state index in [4.69, 9.17) is 20.9 Å². The fourth-order valence-electron chi connectivity index (χ4n) is 1.65. The highest BCUT2D eigenvalue weighted by Crippen LogP contribution is 2.26. The lowest BCUT2D eigenvalue weighted by Crippen LogP contribution is -2.13. The Morgan fingerprint density at radius 3 is 2.95 bits per heavy atom. The molecule has 4 nitrogen and oxygen atoms in total. The van der Waals surface area contributed by atoms with Crippen LogP contribution in [0.3, 0.4) is 0 Å². The Bertz CT molecular complexity index is 500. The Kier molecular flexibility index (Phi) is 5.24. The average molecular weight is 281 g/mol. The summed E-state index contributed by atoms with van der Waals surface area (Å²) in [5.41, 5.74) is 1.14. The zero-order chi connectivity index (χ0) is 13.5. The van der Waals surface area contributed by atoms with Crippen molar-refractivity contribution in [3.05, 3.63) is 46.8 Å². The van der Waals surface area contributed by atoms with Crippen molar-refractivity contribution in [3.63, 3.8) is 0 Å². The molecule has 0 aliphatic carbocycles. The molecule has 0 bridgehead atoms. The van der Waals surface area contributed by atoms with Gasteiger partial charge in [-0.2, -0.15) is 0 Å². The maximum atomic E-state index is 6.18. The third-order valence-corrected chi connectivity index (χ3v) is 2.91. The number of ether oxygens (including phenoxy) is 1. The van der Waals surface area contributed by atoms with Gasteiger partial charge in [-0.15, -0.1) is 0 Å². The van der Waals surface area contributed by atoms with Gasteiger partial charge in [0.15, 0.2) is 5.76 Å². The van der Waals surface area contributed by atoms with Gasteiger partial charge >= 0.3 is 0 Å². The SMILES string of the molecule is CCCNCc1ccc(OCc2ccno2)c(Cl)c1. The first kappa shape index (κ1) is 13.9. The Morgan fingerprint density at radius 2 is 2.26 bits per heavy atom. The average Bonchev–Trinajstić information content (AvgIpc) is 2.91. The minimum atomic E-state index is 0.327. The number of benzene rings is 1. The molecule has 0 unspecified atom stereocenters. The summed E-state index contributed by atoms with van der Waals surface area (Å²) in [4.78, 5) is 0. The van der Waals surface area contributed by atoms with Crippen molar-refractivity contribution >= 4 is 11.6 Å². The lowest BCUT2D eigenvalue weighted by Gasteiger charge is -2.09. The summed E-state index contributed by atoms with van der Waals surface area (Å²) in [5, 5.41) is 7.55. The van der Waals surface area contributed by atoms with E-state index in [1.165, 1.54) is 0 Å². The van der Waals surface area contributed by atoms with E-state index in [0.717, 1.165) is 25.1 Å². The van der Waals surface area contributed by atoms with Gasteiger partial charge in [0, 0.05) is 12.6 Å². The molecule has 0 aliphatic rings. The molecular formula is C14H17ClN2O2. The van der Waals surface area contributed by atoms with Crippen LogP contribution in [0.15, 0.2) is 35.0 Å². The fourth-order valence-corrected chi connectivity index (χ4v) is 1.90. The Labute approximate surface area is 117 Å². The van der Waals surface area contributed by atoms with Crippen molar-refractivity contribution in [2.75, 3.05) is 6.54 Å². The van der Waals surface area contributed by atoms with Crippen LogP contribution in [0.4, 0.5) is 0 Å². The summed E-state index contributed by atoms with van der Waals surface area (Å²) in [6, 6.07) is 7.56. The summed E-state index contributed by atoms with van der Waals surface area (Å²) in [6.07, 6.45) is 2.70. The molecule has 1 aromatic heterocycles. The largest absolute Gasteiger partial charge is 0.484 e. The monoisotopic (exact) mass is 280 g/mol. The normalized spacial score (nSPS) is 10.6. The van der Waals surface area contributed by atoms with Crippen molar-refractivity contribution in [1.29, 1.82) is 0 Å². The molecule has 1 heterocycles. The second-order valence-corrected chi connectivity index (χ2v) is 4.62. The van der Waals surface area contributed by atoms with Crippen LogP contribution >= 0.6 is 11.6 Å². The minimum absolute atomic E-state index is 0.327. The smallest absolute Gasteiger partial charge is 0.174 e. The Morgan fingerprint density at radius 1 is 1.37 bits per heavy atom. The molecule has 0 aliphatic heterocycles. The maximum Gasteiger partial charge on any atom is 0.174 e. The summed E-state index contributed by atoms with van der Waals surface area (Å²) in [5.74, 6) is 1.32. The summed E-state index contributed by atoms with van der Waals surface area (Å²) in [7, 11) is 0. The van der Waals surface area contributed by atoms with Gasteiger partial charge in [-0.1, -0.05) is 29.7 Å². The summed E-state index contributed by atoms with van der Waals surface area (Å²) < 4.78 is 10.5. The first-order valence-corrected chi connectivity index (χ1v) is 6.69. The first-order chi connectivity index (χ1) is 9.29. The number of nitrogens with zero attached hydrogens (tertiary/aromatic N) is 1. The third-order valence-electron chi connectivity index (χ3n) is 2.61. The van der Waals surface area contributed by atoms with E-state index in [1.54, 1.807) is 12.3 Å². The lowest BCUT2D eigenvalue weighted by atomic mass is 10.2. The van der Waals surface area contributed by atoms with Gasteiger partial charge < -0.3 is 14.6 Å². The molecule has 0 amide bonds. The Hall–Kier alpha value is -1.52. The van der Waals surface area contributed by atoms with Crippen LogP contribution in [-0.4, -0.2) is 11.7 Å². The molecule has 1 aromatic carbocycles. The predicted molar refractivity (Wildman–Crippen MR) is 74.3 cm³/mol. The summed E-state index contributed by atoms with van der Waals surface area (Å²) >= 11 is 6.18. The van der Waals surface area contributed by atoms with Crippen LogP contribution in [0.2, 0.25) is 5.02 Å². The van der Waals surface area contributed by atoms with E-state index in [9.17, 15) is 0 Å². The molecule has 0 spiro atoms. The number of rotatable bonds is 7.